The monoisotopic (exact) mass is 176 g/mol. The molecule has 0 aliphatic heterocycles. The van der Waals surface area contributed by atoms with Crippen molar-refractivity contribution < 1.29 is 13.9 Å². The highest BCUT2D eigenvalue weighted by molar-refractivity contribution is 5.08. The van der Waals surface area contributed by atoms with E-state index in [2.05, 4.69) is 0 Å². The third-order valence-electron chi connectivity index (χ3n) is 2.47. The first kappa shape index (κ1) is 9.65. The van der Waals surface area contributed by atoms with Gasteiger partial charge in [0.1, 0.15) is 5.60 Å². The van der Waals surface area contributed by atoms with Crippen molar-refractivity contribution in [2.75, 3.05) is 0 Å². The number of rotatable bonds is 2. The first-order valence-corrected chi connectivity index (χ1v) is 4.28. The van der Waals surface area contributed by atoms with E-state index in [9.17, 15) is 13.9 Å². The van der Waals surface area contributed by atoms with Crippen LogP contribution in [-0.4, -0.2) is 17.1 Å². The van der Waals surface area contributed by atoms with Crippen molar-refractivity contribution in [3.05, 3.63) is 12.2 Å². The summed E-state index contributed by atoms with van der Waals surface area (Å²) < 4.78 is 24.5. The van der Waals surface area contributed by atoms with E-state index in [1.165, 1.54) is 6.08 Å². The summed E-state index contributed by atoms with van der Waals surface area (Å²) in [6.07, 6.45) is 2.10. The third kappa shape index (κ3) is 1.83. The molecule has 0 aromatic rings. The fraction of sp³-hybridized carbons (Fsp3) is 0.778. The van der Waals surface area contributed by atoms with E-state index >= 15 is 0 Å². The third-order valence-corrected chi connectivity index (χ3v) is 2.47. The maximum absolute atomic E-state index is 12.2. The Morgan fingerprint density at radius 2 is 2.33 bits per heavy atom. The van der Waals surface area contributed by atoms with E-state index in [1.807, 2.05) is 6.92 Å². The molecule has 0 bridgehead atoms. The van der Waals surface area contributed by atoms with Crippen LogP contribution in [-0.2, 0) is 0 Å². The van der Waals surface area contributed by atoms with Gasteiger partial charge < -0.3 is 5.11 Å². The summed E-state index contributed by atoms with van der Waals surface area (Å²) in [7, 11) is 0. The SMILES string of the molecule is CCC1C=CC(O)(C(F)F)CC1. The smallest absolute Gasteiger partial charge is 0.270 e. The van der Waals surface area contributed by atoms with Crippen LogP contribution < -0.4 is 0 Å². The molecule has 0 heterocycles. The molecular formula is C9H14F2O. The molecule has 2 atom stereocenters. The number of allylic oxidation sites excluding steroid dienone is 1. The number of aliphatic hydroxyl groups is 1. The molecule has 70 valence electrons. The lowest BCUT2D eigenvalue weighted by Gasteiger charge is -2.29. The molecule has 1 aliphatic carbocycles. The quantitative estimate of drug-likeness (QED) is 0.640. The Hall–Kier alpha value is -0.440. The Bertz CT molecular complexity index is 179. The van der Waals surface area contributed by atoms with Crippen LogP contribution in [0.2, 0.25) is 0 Å². The fourth-order valence-corrected chi connectivity index (χ4v) is 1.42. The molecule has 1 aliphatic rings. The second-order valence-electron chi connectivity index (χ2n) is 3.36. The lowest BCUT2D eigenvalue weighted by atomic mass is 9.84. The Kier molecular flexibility index (Phi) is 2.83. The van der Waals surface area contributed by atoms with Crippen molar-refractivity contribution in [2.45, 2.75) is 38.2 Å². The van der Waals surface area contributed by atoms with Crippen LogP contribution in [0.3, 0.4) is 0 Å². The normalized spacial score (nSPS) is 35.9. The van der Waals surface area contributed by atoms with Crippen LogP contribution >= 0.6 is 0 Å². The highest BCUT2D eigenvalue weighted by Crippen LogP contribution is 2.31. The van der Waals surface area contributed by atoms with Gasteiger partial charge in [-0.1, -0.05) is 19.1 Å². The molecule has 0 spiro atoms. The van der Waals surface area contributed by atoms with Gasteiger partial charge in [0.2, 0.25) is 0 Å². The minimum atomic E-state index is -2.66. The molecule has 12 heavy (non-hydrogen) atoms. The van der Waals surface area contributed by atoms with Crippen molar-refractivity contribution in [3.63, 3.8) is 0 Å². The van der Waals surface area contributed by atoms with Gasteiger partial charge in [0.05, 0.1) is 0 Å². The molecule has 0 saturated heterocycles. The van der Waals surface area contributed by atoms with Crippen molar-refractivity contribution in [1.82, 2.24) is 0 Å². The van der Waals surface area contributed by atoms with Gasteiger partial charge in [0, 0.05) is 0 Å². The number of hydrogen-bond donors (Lipinski definition) is 1. The van der Waals surface area contributed by atoms with Crippen LogP contribution in [0.25, 0.3) is 0 Å². The minimum absolute atomic E-state index is 0.180. The van der Waals surface area contributed by atoms with Crippen LogP contribution in [0.4, 0.5) is 8.78 Å². The highest BCUT2D eigenvalue weighted by atomic mass is 19.3. The molecular weight excluding hydrogens is 162 g/mol. The first-order valence-electron chi connectivity index (χ1n) is 4.28. The Labute approximate surface area is 71.1 Å². The predicted molar refractivity (Wildman–Crippen MR) is 43.1 cm³/mol. The molecule has 1 N–H and O–H groups in total. The maximum Gasteiger partial charge on any atom is 0.270 e. The topological polar surface area (TPSA) is 20.2 Å². The zero-order chi connectivity index (χ0) is 9.19. The van der Waals surface area contributed by atoms with Crippen LogP contribution in [0.1, 0.15) is 26.2 Å². The predicted octanol–water partition coefficient (Wildman–Crippen LogP) is 2.36. The zero-order valence-electron chi connectivity index (χ0n) is 7.13. The summed E-state index contributed by atoms with van der Waals surface area (Å²) in [5.41, 5.74) is -1.86. The summed E-state index contributed by atoms with van der Waals surface area (Å²) in [4.78, 5) is 0. The standard InChI is InChI=1S/C9H14F2O/c1-2-7-3-5-9(12,6-4-7)8(10)11/h3,5,7-8,12H,2,4,6H2,1H3. The van der Waals surface area contributed by atoms with Crippen LogP contribution in [0, 0.1) is 5.92 Å². The molecule has 1 rings (SSSR count). The van der Waals surface area contributed by atoms with Crippen molar-refractivity contribution >= 4 is 0 Å². The molecule has 3 heteroatoms. The number of halogens is 2. The Morgan fingerprint density at radius 3 is 2.67 bits per heavy atom. The van der Waals surface area contributed by atoms with E-state index in [0.717, 1.165) is 6.42 Å². The average molecular weight is 176 g/mol. The van der Waals surface area contributed by atoms with E-state index < -0.39 is 12.0 Å². The summed E-state index contributed by atoms with van der Waals surface area (Å²) in [5.74, 6) is 0.365. The van der Waals surface area contributed by atoms with Crippen LogP contribution in [0.5, 0.6) is 0 Å². The molecule has 2 unspecified atom stereocenters. The Balaban J connectivity index is 2.63. The van der Waals surface area contributed by atoms with Gasteiger partial charge in [0.25, 0.3) is 6.43 Å². The minimum Gasteiger partial charge on any atom is -0.380 e. The summed E-state index contributed by atoms with van der Waals surface area (Å²) in [6.45, 7) is 2.02. The molecule has 0 fully saturated rings. The molecule has 0 amide bonds. The van der Waals surface area contributed by atoms with Gasteiger partial charge in [0.15, 0.2) is 0 Å². The van der Waals surface area contributed by atoms with Gasteiger partial charge in [-0.25, -0.2) is 8.78 Å². The van der Waals surface area contributed by atoms with Gasteiger partial charge in [-0.3, -0.25) is 0 Å². The fourth-order valence-electron chi connectivity index (χ4n) is 1.42. The van der Waals surface area contributed by atoms with Crippen LogP contribution in [0.15, 0.2) is 12.2 Å². The maximum atomic E-state index is 12.2. The highest BCUT2D eigenvalue weighted by Gasteiger charge is 2.37. The van der Waals surface area contributed by atoms with Gasteiger partial charge >= 0.3 is 0 Å². The van der Waals surface area contributed by atoms with E-state index in [-0.39, 0.29) is 6.42 Å². The summed E-state index contributed by atoms with van der Waals surface area (Å²) >= 11 is 0. The first-order chi connectivity index (χ1) is 5.58. The average Bonchev–Trinajstić information content (AvgIpc) is 2.06. The summed E-state index contributed by atoms with van der Waals surface area (Å²) in [5, 5.41) is 9.33. The largest absolute Gasteiger partial charge is 0.380 e. The van der Waals surface area contributed by atoms with E-state index in [0.29, 0.717) is 12.3 Å². The van der Waals surface area contributed by atoms with Gasteiger partial charge in [-0.2, -0.15) is 0 Å². The number of hydrogen-bond acceptors (Lipinski definition) is 1. The van der Waals surface area contributed by atoms with E-state index in [1.54, 1.807) is 6.08 Å². The van der Waals surface area contributed by atoms with E-state index in [4.69, 9.17) is 0 Å². The summed E-state index contributed by atoms with van der Waals surface area (Å²) in [6, 6.07) is 0. The van der Waals surface area contributed by atoms with Gasteiger partial charge in [-0.15, -0.1) is 0 Å². The molecule has 0 radical (unpaired) electrons. The second kappa shape index (κ2) is 3.52. The lowest BCUT2D eigenvalue weighted by Crippen LogP contribution is -2.37. The second-order valence-corrected chi connectivity index (χ2v) is 3.36. The molecule has 1 nitrogen and oxygen atoms in total. The zero-order valence-corrected chi connectivity index (χ0v) is 7.13. The van der Waals surface area contributed by atoms with Gasteiger partial charge in [-0.05, 0) is 25.2 Å². The Morgan fingerprint density at radius 1 is 1.67 bits per heavy atom. The van der Waals surface area contributed by atoms with Crippen molar-refractivity contribution in [3.8, 4) is 0 Å². The lowest BCUT2D eigenvalue weighted by molar-refractivity contribution is -0.0723. The molecule has 0 saturated carbocycles. The molecule has 0 aromatic heterocycles. The van der Waals surface area contributed by atoms with Crippen molar-refractivity contribution in [1.29, 1.82) is 0 Å². The van der Waals surface area contributed by atoms with Crippen molar-refractivity contribution in [2.24, 2.45) is 5.92 Å². The number of alkyl halides is 2. The molecule has 0 aromatic carbocycles.